The lowest BCUT2D eigenvalue weighted by Crippen LogP contribution is -2.51. The summed E-state index contributed by atoms with van der Waals surface area (Å²) < 4.78 is 17.1. The molecule has 1 aliphatic carbocycles. The molecular weight excluding hydrogens is 384 g/mol. The fourth-order valence-corrected chi connectivity index (χ4v) is 4.69. The number of amides is 1. The van der Waals surface area contributed by atoms with E-state index in [4.69, 9.17) is 14.2 Å². The molecule has 0 aromatic heterocycles. The van der Waals surface area contributed by atoms with Crippen molar-refractivity contribution in [2.45, 2.75) is 68.7 Å². The molecule has 30 heavy (non-hydrogen) atoms. The lowest BCUT2D eigenvalue weighted by Gasteiger charge is -2.32. The van der Waals surface area contributed by atoms with Gasteiger partial charge < -0.3 is 24.8 Å². The molecule has 1 aromatic rings. The third-order valence-electron chi connectivity index (χ3n) is 6.52. The second-order valence-corrected chi connectivity index (χ2v) is 8.43. The van der Waals surface area contributed by atoms with Crippen LogP contribution in [0.3, 0.4) is 0 Å². The van der Waals surface area contributed by atoms with Gasteiger partial charge >= 0.3 is 0 Å². The van der Waals surface area contributed by atoms with E-state index in [1.165, 1.54) is 5.56 Å². The Labute approximate surface area is 177 Å². The van der Waals surface area contributed by atoms with Gasteiger partial charge in [-0.3, -0.25) is 9.59 Å². The third kappa shape index (κ3) is 5.20. The highest BCUT2D eigenvalue weighted by Crippen LogP contribution is 2.38. The van der Waals surface area contributed by atoms with E-state index < -0.39 is 0 Å². The van der Waals surface area contributed by atoms with Gasteiger partial charge in [-0.15, -0.1) is 0 Å². The monoisotopic (exact) mass is 416 g/mol. The molecule has 7 heteroatoms. The van der Waals surface area contributed by atoms with Gasteiger partial charge in [0.1, 0.15) is 18.5 Å². The molecule has 164 valence electrons. The molecule has 2 N–H and O–H groups in total. The Morgan fingerprint density at radius 3 is 2.70 bits per heavy atom. The van der Waals surface area contributed by atoms with Crippen LogP contribution in [0.1, 0.15) is 50.0 Å². The van der Waals surface area contributed by atoms with Crippen molar-refractivity contribution in [2.75, 3.05) is 26.4 Å². The Bertz CT molecular complexity index is 715. The molecule has 0 spiro atoms. The standard InChI is InChI=1S/C23H32N2O5/c26-12-14-29-21-4-2-1-3-18(21)16-5-7-17(8-6-16)30-15-20-19(9-11-24-20)25-23(27)22-10-13-28-22/h1-4,12,16-17,19-20,22,24H,5-11,13-15H2,(H,25,27)/t16?,17?,19-,20-,22-/m0/s1. The zero-order valence-corrected chi connectivity index (χ0v) is 17.4. The lowest BCUT2D eigenvalue weighted by atomic mass is 9.82. The second-order valence-electron chi connectivity index (χ2n) is 8.43. The highest BCUT2D eigenvalue weighted by Gasteiger charge is 2.34. The third-order valence-corrected chi connectivity index (χ3v) is 6.52. The van der Waals surface area contributed by atoms with Crippen molar-refractivity contribution in [3.8, 4) is 5.75 Å². The minimum absolute atomic E-state index is 0.0101. The molecule has 0 bridgehead atoms. The van der Waals surface area contributed by atoms with Crippen LogP contribution in [0.4, 0.5) is 0 Å². The van der Waals surface area contributed by atoms with Gasteiger partial charge in [-0.05, 0) is 56.2 Å². The van der Waals surface area contributed by atoms with Crippen molar-refractivity contribution in [1.29, 1.82) is 0 Å². The minimum atomic E-state index is -0.263. The molecular formula is C23H32N2O5. The quantitative estimate of drug-likeness (QED) is 0.599. The number of ether oxygens (including phenoxy) is 3. The minimum Gasteiger partial charge on any atom is -0.486 e. The van der Waals surface area contributed by atoms with Gasteiger partial charge in [0.2, 0.25) is 5.91 Å². The first-order valence-corrected chi connectivity index (χ1v) is 11.2. The summed E-state index contributed by atoms with van der Waals surface area (Å²) in [6, 6.07) is 8.29. The molecule has 7 nitrogen and oxygen atoms in total. The Hall–Kier alpha value is -1.96. The summed E-state index contributed by atoms with van der Waals surface area (Å²) in [5.41, 5.74) is 1.19. The summed E-state index contributed by atoms with van der Waals surface area (Å²) >= 11 is 0. The van der Waals surface area contributed by atoms with Crippen LogP contribution in [0.15, 0.2) is 24.3 Å². The van der Waals surface area contributed by atoms with Gasteiger partial charge in [0.15, 0.2) is 6.29 Å². The van der Waals surface area contributed by atoms with Crippen LogP contribution in [-0.4, -0.2) is 62.9 Å². The van der Waals surface area contributed by atoms with Crippen LogP contribution in [0, 0.1) is 0 Å². The zero-order valence-electron chi connectivity index (χ0n) is 17.4. The SMILES string of the molecule is O=CCOc1ccccc1C1CCC(OC[C@@H]2NCC[C@@H]2NC(=O)[C@@H]2CCO2)CC1. The number of rotatable bonds is 9. The highest BCUT2D eigenvalue weighted by atomic mass is 16.5. The van der Waals surface area contributed by atoms with Crippen LogP contribution >= 0.6 is 0 Å². The summed E-state index contributed by atoms with van der Waals surface area (Å²) in [6.07, 6.45) is 6.62. The van der Waals surface area contributed by atoms with Crippen molar-refractivity contribution in [3.05, 3.63) is 29.8 Å². The Morgan fingerprint density at radius 1 is 1.17 bits per heavy atom. The van der Waals surface area contributed by atoms with Crippen molar-refractivity contribution >= 4 is 12.2 Å². The Kier molecular flexibility index (Phi) is 7.36. The molecule has 2 aliphatic heterocycles. The van der Waals surface area contributed by atoms with Crippen LogP contribution in [0.2, 0.25) is 0 Å². The summed E-state index contributed by atoms with van der Waals surface area (Å²) in [4.78, 5) is 22.8. The van der Waals surface area contributed by atoms with Crippen LogP contribution < -0.4 is 15.4 Å². The molecule has 2 saturated heterocycles. The first-order valence-electron chi connectivity index (χ1n) is 11.2. The molecule has 0 unspecified atom stereocenters. The highest BCUT2D eigenvalue weighted by molar-refractivity contribution is 5.81. The predicted molar refractivity (Wildman–Crippen MR) is 112 cm³/mol. The van der Waals surface area contributed by atoms with Gasteiger partial charge in [0.25, 0.3) is 0 Å². The molecule has 3 atom stereocenters. The number of aldehydes is 1. The lowest BCUT2D eigenvalue weighted by molar-refractivity contribution is -0.145. The smallest absolute Gasteiger partial charge is 0.249 e. The van der Waals surface area contributed by atoms with E-state index in [2.05, 4.69) is 16.7 Å². The van der Waals surface area contributed by atoms with E-state index in [0.717, 1.165) is 57.1 Å². The molecule has 3 aliphatic rings. The van der Waals surface area contributed by atoms with Gasteiger partial charge in [-0.2, -0.15) is 0 Å². The average Bonchev–Trinajstić information content (AvgIpc) is 3.17. The first kappa shape index (κ1) is 21.3. The topological polar surface area (TPSA) is 85.9 Å². The largest absolute Gasteiger partial charge is 0.486 e. The number of nitrogens with one attached hydrogen (secondary N) is 2. The summed E-state index contributed by atoms with van der Waals surface area (Å²) in [7, 11) is 0. The predicted octanol–water partition coefficient (Wildman–Crippen LogP) is 1.94. The van der Waals surface area contributed by atoms with E-state index in [0.29, 0.717) is 19.1 Å². The number of carbonyl (C=O) groups is 2. The number of para-hydroxylation sites is 1. The fraction of sp³-hybridized carbons (Fsp3) is 0.652. The normalized spacial score (nSPS) is 31.0. The van der Waals surface area contributed by atoms with Crippen LogP contribution in [-0.2, 0) is 19.1 Å². The summed E-state index contributed by atoms with van der Waals surface area (Å²) in [6.45, 7) is 2.29. The molecule has 3 fully saturated rings. The molecule has 4 rings (SSSR count). The molecule has 2 heterocycles. The zero-order chi connectivity index (χ0) is 20.8. The Morgan fingerprint density at radius 2 is 1.97 bits per heavy atom. The second kappa shape index (κ2) is 10.4. The van der Waals surface area contributed by atoms with Crippen molar-refractivity contribution in [1.82, 2.24) is 10.6 Å². The van der Waals surface area contributed by atoms with E-state index >= 15 is 0 Å². The fourth-order valence-electron chi connectivity index (χ4n) is 4.69. The molecule has 1 amide bonds. The van der Waals surface area contributed by atoms with Crippen molar-refractivity contribution in [3.63, 3.8) is 0 Å². The maximum absolute atomic E-state index is 12.2. The van der Waals surface area contributed by atoms with E-state index in [-0.39, 0.29) is 36.8 Å². The molecule has 1 saturated carbocycles. The van der Waals surface area contributed by atoms with Gasteiger partial charge in [0.05, 0.1) is 25.4 Å². The van der Waals surface area contributed by atoms with E-state index in [1.54, 1.807) is 0 Å². The van der Waals surface area contributed by atoms with Crippen LogP contribution in [0.25, 0.3) is 0 Å². The van der Waals surface area contributed by atoms with Gasteiger partial charge in [-0.25, -0.2) is 0 Å². The van der Waals surface area contributed by atoms with Crippen molar-refractivity contribution < 1.29 is 23.8 Å². The Balaban J connectivity index is 1.22. The first-order chi connectivity index (χ1) is 14.7. The number of hydrogen-bond acceptors (Lipinski definition) is 6. The maximum atomic E-state index is 12.2. The van der Waals surface area contributed by atoms with Gasteiger partial charge in [0, 0.05) is 12.5 Å². The van der Waals surface area contributed by atoms with E-state index in [9.17, 15) is 9.59 Å². The van der Waals surface area contributed by atoms with Gasteiger partial charge in [-0.1, -0.05) is 18.2 Å². The maximum Gasteiger partial charge on any atom is 0.249 e. The van der Waals surface area contributed by atoms with Crippen LogP contribution in [0.5, 0.6) is 5.75 Å². The number of hydrogen-bond donors (Lipinski definition) is 2. The molecule has 0 radical (unpaired) electrons. The summed E-state index contributed by atoms with van der Waals surface area (Å²) in [5, 5.41) is 6.59. The number of benzene rings is 1. The summed E-state index contributed by atoms with van der Waals surface area (Å²) in [5.74, 6) is 1.26. The molecule has 1 aromatic carbocycles. The van der Waals surface area contributed by atoms with E-state index in [1.807, 2.05) is 18.2 Å². The number of carbonyl (C=O) groups excluding carboxylic acids is 2. The van der Waals surface area contributed by atoms with Crippen molar-refractivity contribution in [2.24, 2.45) is 0 Å². The average molecular weight is 417 g/mol.